The third-order valence-electron chi connectivity index (χ3n) is 5.91. The zero-order chi connectivity index (χ0) is 23.2. The number of hydrogen-bond acceptors (Lipinski definition) is 5. The molecular formula is C25H29FN4O3. The average Bonchev–Trinajstić information content (AvgIpc) is 3.51. The number of oxime groups is 1. The van der Waals surface area contributed by atoms with Crippen molar-refractivity contribution in [1.82, 2.24) is 5.32 Å². The molecule has 0 saturated carbocycles. The van der Waals surface area contributed by atoms with Crippen LogP contribution in [0.1, 0.15) is 44.6 Å². The van der Waals surface area contributed by atoms with Gasteiger partial charge in [-0.1, -0.05) is 36.7 Å². The number of halogens is 1. The Kier molecular flexibility index (Phi) is 7.22. The van der Waals surface area contributed by atoms with Gasteiger partial charge in [-0.25, -0.2) is 4.39 Å². The van der Waals surface area contributed by atoms with Crippen molar-refractivity contribution in [3.63, 3.8) is 0 Å². The van der Waals surface area contributed by atoms with Gasteiger partial charge in [0.25, 0.3) is 5.91 Å². The molecule has 2 atom stereocenters. The van der Waals surface area contributed by atoms with Gasteiger partial charge in [-0.05, 0) is 49.6 Å². The lowest BCUT2D eigenvalue weighted by atomic mass is 10.0. The summed E-state index contributed by atoms with van der Waals surface area (Å²) >= 11 is 0. The molecule has 33 heavy (non-hydrogen) atoms. The van der Waals surface area contributed by atoms with E-state index in [-0.39, 0.29) is 18.1 Å². The highest BCUT2D eigenvalue weighted by molar-refractivity contribution is 6.05. The summed E-state index contributed by atoms with van der Waals surface area (Å²) in [7, 11) is 0. The lowest BCUT2D eigenvalue weighted by Crippen LogP contribution is -2.47. The number of nitrogens with zero attached hydrogens (tertiary/aromatic N) is 2. The minimum absolute atomic E-state index is 0.216. The molecule has 0 spiro atoms. The Hall–Kier alpha value is -3.42. The summed E-state index contributed by atoms with van der Waals surface area (Å²) in [5.41, 5.74) is 2.87. The van der Waals surface area contributed by atoms with Gasteiger partial charge in [0.15, 0.2) is 0 Å². The Morgan fingerprint density at radius 1 is 1.18 bits per heavy atom. The number of amides is 2. The van der Waals surface area contributed by atoms with Crippen LogP contribution in [0.25, 0.3) is 0 Å². The van der Waals surface area contributed by atoms with Crippen LogP contribution in [0.4, 0.5) is 15.8 Å². The third kappa shape index (κ3) is 5.69. The van der Waals surface area contributed by atoms with E-state index in [2.05, 4.69) is 20.7 Å². The largest absolute Gasteiger partial charge is 0.382 e. The van der Waals surface area contributed by atoms with E-state index >= 15 is 0 Å². The van der Waals surface area contributed by atoms with E-state index in [1.54, 1.807) is 12.1 Å². The molecule has 2 aromatic carbocycles. The topological polar surface area (TPSA) is 83.0 Å². The molecule has 4 rings (SSSR count). The van der Waals surface area contributed by atoms with Crippen LogP contribution < -0.4 is 15.5 Å². The number of carbonyl (C=O) groups is 2. The molecule has 0 bridgehead atoms. The van der Waals surface area contributed by atoms with E-state index in [0.29, 0.717) is 23.4 Å². The second-order valence-corrected chi connectivity index (χ2v) is 8.43. The van der Waals surface area contributed by atoms with Crippen LogP contribution in [0.2, 0.25) is 0 Å². The second-order valence-electron chi connectivity index (χ2n) is 8.43. The molecule has 2 aliphatic rings. The Bertz CT molecular complexity index is 1040. The summed E-state index contributed by atoms with van der Waals surface area (Å²) in [6.07, 6.45) is 2.93. The smallest absolute Gasteiger partial charge is 0.264 e. The fourth-order valence-electron chi connectivity index (χ4n) is 4.16. The molecule has 8 heteroatoms. The van der Waals surface area contributed by atoms with E-state index in [9.17, 15) is 14.0 Å². The molecule has 2 amide bonds. The molecule has 0 aromatic heterocycles. The predicted molar refractivity (Wildman–Crippen MR) is 126 cm³/mol. The first-order chi connectivity index (χ1) is 16.0. The molecule has 2 unspecified atom stereocenters. The van der Waals surface area contributed by atoms with Gasteiger partial charge >= 0.3 is 0 Å². The maximum absolute atomic E-state index is 13.5. The van der Waals surface area contributed by atoms with Gasteiger partial charge < -0.3 is 20.4 Å². The van der Waals surface area contributed by atoms with Gasteiger partial charge in [0.05, 0.1) is 5.71 Å². The first-order valence-corrected chi connectivity index (χ1v) is 11.5. The zero-order valence-corrected chi connectivity index (χ0v) is 18.7. The second kappa shape index (κ2) is 10.5. The van der Waals surface area contributed by atoms with Gasteiger partial charge in [0.2, 0.25) is 12.0 Å². The molecule has 1 fully saturated rings. The van der Waals surface area contributed by atoms with E-state index in [1.165, 1.54) is 25.0 Å². The van der Waals surface area contributed by atoms with Gasteiger partial charge in [-0.2, -0.15) is 0 Å². The van der Waals surface area contributed by atoms with Gasteiger partial charge in [-0.3, -0.25) is 9.59 Å². The highest BCUT2D eigenvalue weighted by Gasteiger charge is 2.32. The van der Waals surface area contributed by atoms with Crippen LogP contribution in [0.5, 0.6) is 0 Å². The summed E-state index contributed by atoms with van der Waals surface area (Å²) in [6.45, 7) is 4.00. The summed E-state index contributed by atoms with van der Waals surface area (Å²) < 4.78 is 13.5. The van der Waals surface area contributed by atoms with Crippen molar-refractivity contribution in [2.45, 2.75) is 51.2 Å². The van der Waals surface area contributed by atoms with Crippen molar-refractivity contribution < 1.29 is 18.8 Å². The molecule has 2 aliphatic heterocycles. The molecule has 174 valence electrons. The van der Waals surface area contributed by atoms with Gasteiger partial charge in [0, 0.05) is 36.4 Å². The molecule has 1 saturated heterocycles. The van der Waals surface area contributed by atoms with Gasteiger partial charge in [-0.15, -0.1) is 0 Å². The highest BCUT2D eigenvalue weighted by atomic mass is 19.1. The number of anilines is 2. The molecule has 0 aliphatic carbocycles. The van der Waals surface area contributed by atoms with Crippen LogP contribution in [0.3, 0.4) is 0 Å². The Labute approximate surface area is 193 Å². The maximum atomic E-state index is 13.5. The average molecular weight is 453 g/mol. The first-order valence-electron chi connectivity index (χ1n) is 11.5. The van der Waals surface area contributed by atoms with E-state index in [4.69, 9.17) is 4.84 Å². The quantitative estimate of drug-likeness (QED) is 0.638. The summed E-state index contributed by atoms with van der Waals surface area (Å²) in [5.74, 6) is -1.06. The minimum atomic E-state index is -0.853. The van der Waals surface area contributed by atoms with Crippen LogP contribution in [0, 0.1) is 5.82 Å². The Balaban J connectivity index is 1.36. The lowest BCUT2D eigenvalue weighted by molar-refractivity contribution is -0.134. The summed E-state index contributed by atoms with van der Waals surface area (Å²) in [5, 5.41) is 9.68. The number of rotatable bonds is 8. The van der Waals surface area contributed by atoms with Gasteiger partial charge in [0.1, 0.15) is 11.9 Å². The predicted octanol–water partition coefficient (Wildman–Crippen LogP) is 3.84. The molecular weight excluding hydrogens is 423 g/mol. The number of hydrogen-bond donors (Lipinski definition) is 2. The standard InChI is InChI=1S/C25H29FN4O3/c1-2-7-21(24(31)27-19-10-6-11-20(15-19)30-12-3-4-13-30)28-25(32)23-16-22(29-33-23)17-8-5-9-18(26)14-17/h5-6,8-11,14-15,21,23H,2-4,7,12-13,16H2,1H3,(H,27,31)(H,28,32). The molecule has 2 heterocycles. The zero-order valence-electron chi connectivity index (χ0n) is 18.7. The normalized spacial score (nSPS) is 18.4. The van der Waals surface area contributed by atoms with Crippen molar-refractivity contribution in [3.05, 3.63) is 59.9 Å². The van der Waals surface area contributed by atoms with E-state index < -0.39 is 18.1 Å². The minimum Gasteiger partial charge on any atom is -0.382 e. The van der Waals surface area contributed by atoms with Crippen molar-refractivity contribution >= 4 is 28.9 Å². The monoisotopic (exact) mass is 452 g/mol. The van der Waals surface area contributed by atoms with Crippen molar-refractivity contribution in [2.24, 2.45) is 5.16 Å². The van der Waals surface area contributed by atoms with Crippen molar-refractivity contribution in [2.75, 3.05) is 23.3 Å². The molecule has 0 radical (unpaired) electrons. The Morgan fingerprint density at radius 2 is 1.97 bits per heavy atom. The van der Waals surface area contributed by atoms with E-state index in [1.807, 2.05) is 31.2 Å². The van der Waals surface area contributed by atoms with Crippen molar-refractivity contribution in [3.8, 4) is 0 Å². The maximum Gasteiger partial charge on any atom is 0.264 e. The molecule has 7 nitrogen and oxygen atoms in total. The van der Waals surface area contributed by atoms with Crippen LogP contribution in [-0.2, 0) is 14.4 Å². The highest BCUT2D eigenvalue weighted by Crippen LogP contribution is 2.24. The van der Waals surface area contributed by atoms with Crippen LogP contribution >= 0.6 is 0 Å². The Morgan fingerprint density at radius 3 is 2.73 bits per heavy atom. The fourth-order valence-corrected chi connectivity index (χ4v) is 4.16. The SMILES string of the molecule is CCCC(NC(=O)C1CC(c2cccc(F)c2)=NO1)C(=O)Nc1cccc(N2CCCC2)c1. The van der Waals surface area contributed by atoms with Crippen LogP contribution in [0.15, 0.2) is 53.7 Å². The number of nitrogens with one attached hydrogen (secondary N) is 2. The fraction of sp³-hybridized carbons (Fsp3) is 0.400. The number of benzene rings is 2. The summed E-state index contributed by atoms with van der Waals surface area (Å²) in [4.78, 5) is 33.3. The van der Waals surface area contributed by atoms with Crippen LogP contribution in [-0.4, -0.2) is 42.8 Å². The number of carbonyl (C=O) groups excluding carboxylic acids is 2. The first kappa shape index (κ1) is 22.8. The molecule has 2 aromatic rings. The van der Waals surface area contributed by atoms with Crippen molar-refractivity contribution in [1.29, 1.82) is 0 Å². The van der Waals surface area contributed by atoms with E-state index in [0.717, 1.165) is 25.2 Å². The third-order valence-corrected chi connectivity index (χ3v) is 5.91. The lowest BCUT2D eigenvalue weighted by Gasteiger charge is -2.21. The molecule has 2 N–H and O–H groups in total. The summed E-state index contributed by atoms with van der Waals surface area (Å²) in [6, 6.07) is 13.1.